The largest absolute Gasteiger partial charge is 0.348 e. The summed E-state index contributed by atoms with van der Waals surface area (Å²) in [5.41, 5.74) is 1.77. The summed E-state index contributed by atoms with van der Waals surface area (Å²) in [6.07, 6.45) is 3.75. The molecule has 2 amide bonds. The van der Waals surface area contributed by atoms with Gasteiger partial charge in [0.15, 0.2) is 9.84 Å². The van der Waals surface area contributed by atoms with Gasteiger partial charge in [-0.2, -0.15) is 0 Å². The summed E-state index contributed by atoms with van der Waals surface area (Å²) in [4.78, 5) is 28.3. The van der Waals surface area contributed by atoms with E-state index in [0.29, 0.717) is 24.1 Å². The van der Waals surface area contributed by atoms with Crippen LogP contribution in [-0.2, 0) is 16.4 Å². The van der Waals surface area contributed by atoms with E-state index in [1.54, 1.807) is 36.7 Å². The van der Waals surface area contributed by atoms with Gasteiger partial charge >= 0.3 is 0 Å². The highest BCUT2D eigenvalue weighted by atomic mass is 32.2. The average molecular weight is 373 g/mol. The van der Waals surface area contributed by atoms with Gasteiger partial charge in [0.1, 0.15) is 0 Å². The standard InChI is InChI=1S/C18H19N3O4S/c22-17(20-11-13-5-8-19-9-6-13)14-1-3-15(4-2-14)18(23)21-16-7-10-26(24,25)12-16/h1-6,8-9,16H,7,10-12H2,(H,20,22)(H,21,23). The van der Waals surface area contributed by atoms with Gasteiger partial charge < -0.3 is 10.6 Å². The molecule has 3 rings (SSSR count). The number of carbonyl (C=O) groups excluding carboxylic acids is 2. The molecule has 1 aliphatic rings. The molecule has 1 unspecified atom stereocenters. The van der Waals surface area contributed by atoms with Gasteiger partial charge in [-0.05, 0) is 48.4 Å². The molecule has 1 aromatic carbocycles. The van der Waals surface area contributed by atoms with Crippen LogP contribution in [0.3, 0.4) is 0 Å². The van der Waals surface area contributed by atoms with Crippen LogP contribution in [0.5, 0.6) is 0 Å². The van der Waals surface area contributed by atoms with E-state index in [2.05, 4.69) is 15.6 Å². The fourth-order valence-electron chi connectivity index (χ4n) is 2.74. The van der Waals surface area contributed by atoms with Crippen LogP contribution in [0, 0.1) is 0 Å². The monoisotopic (exact) mass is 373 g/mol. The number of aromatic nitrogens is 1. The molecule has 0 radical (unpaired) electrons. The molecule has 0 aliphatic carbocycles. The van der Waals surface area contributed by atoms with Crippen LogP contribution < -0.4 is 10.6 Å². The van der Waals surface area contributed by atoms with Gasteiger partial charge in [0.2, 0.25) is 0 Å². The first kappa shape index (κ1) is 18.1. The van der Waals surface area contributed by atoms with Crippen molar-refractivity contribution in [3.63, 3.8) is 0 Å². The Morgan fingerprint density at radius 1 is 1.00 bits per heavy atom. The van der Waals surface area contributed by atoms with Crippen molar-refractivity contribution in [1.29, 1.82) is 0 Å². The van der Waals surface area contributed by atoms with Crippen molar-refractivity contribution < 1.29 is 18.0 Å². The Balaban J connectivity index is 1.55. The number of nitrogens with one attached hydrogen (secondary N) is 2. The van der Waals surface area contributed by atoms with Crippen molar-refractivity contribution >= 4 is 21.7 Å². The second-order valence-corrected chi connectivity index (χ2v) is 8.42. The predicted molar refractivity (Wildman–Crippen MR) is 96.4 cm³/mol. The Kier molecular flexibility index (Phi) is 5.32. The van der Waals surface area contributed by atoms with Crippen molar-refractivity contribution in [2.24, 2.45) is 0 Å². The fraction of sp³-hybridized carbons (Fsp3) is 0.278. The van der Waals surface area contributed by atoms with E-state index in [1.165, 1.54) is 0 Å². The van der Waals surface area contributed by atoms with Crippen molar-refractivity contribution in [3.05, 3.63) is 65.5 Å². The Bertz CT molecular complexity index is 896. The van der Waals surface area contributed by atoms with Crippen LogP contribution in [0.15, 0.2) is 48.8 Å². The molecule has 0 saturated carbocycles. The number of amides is 2. The normalized spacial score (nSPS) is 18.2. The minimum absolute atomic E-state index is 0.0196. The lowest BCUT2D eigenvalue weighted by atomic mass is 10.1. The van der Waals surface area contributed by atoms with Crippen molar-refractivity contribution in [1.82, 2.24) is 15.6 Å². The highest BCUT2D eigenvalue weighted by molar-refractivity contribution is 7.91. The van der Waals surface area contributed by atoms with E-state index in [-0.39, 0.29) is 29.4 Å². The molecule has 2 heterocycles. The third kappa shape index (κ3) is 4.66. The minimum atomic E-state index is -3.04. The molecule has 2 N–H and O–H groups in total. The number of rotatable bonds is 5. The molecule has 8 heteroatoms. The van der Waals surface area contributed by atoms with E-state index in [0.717, 1.165) is 5.56 Å². The molecular formula is C18H19N3O4S. The number of carbonyl (C=O) groups is 2. The van der Waals surface area contributed by atoms with Gasteiger partial charge in [-0.3, -0.25) is 14.6 Å². The van der Waals surface area contributed by atoms with Crippen LogP contribution in [-0.4, -0.2) is 42.8 Å². The van der Waals surface area contributed by atoms with Crippen LogP contribution >= 0.6 is 0 Å². The fourth-order valence-corrected chi connectivity index (χ4v) is 4.41. The molecule has 7 nitrogen and oxygen atoms in total. The second kappa shape index (κ2) is 7.65. The second-order valence-electron chi connectivity index (χ2n) is 6.19. The van der Waals surface area contributed by atoms with Crippen molar-refractivity contribution in [2.45, 2.75) is 19.0 Å². The smallest absolute Gasteiger partial charge is 0.251 e. The first-order valence-corrected chi connectivity index (χ1v) is 10.0. The molecule has 1 aliphatic heterocycles. The minimum Gasteiger partial charge on any atom is -0.348 e. The maximum absolute atomic E-state index is 12.2. The Morgan fingerprint density at radius 3 is 2.19 bits per heavy atom. The van der Waals surface area contributed by atoms with Gasteiger partial charge in [-0.1, -0.05) is 0 Å². The average Bonchev–Trinajstić information content (AvgIpc) is 2.99. The summed E-state index contributed by atoms with van der Waals surface area (Å²) in [5.74, 6) is -0.491. The molecule has 1 aromatic heterocycles. The van der Waals surface area contributed by atoms with Gasteiger partial charge in [-0.25, -0.2) is 8.42 Å². The third-order valence-corrected chi connectivity index (χ3v) is 5.95. The number of benzene rings is 1. The summed E-state index contributed by atoms with van der Waals surface area (Å²) in [7, 11) is -3.04. The maximum Gasteiger partial charge on any atom is 0.251 e. The number of nitrogens with zero attached hydrogens (tertiary/aromatic N) is 1. The quantitative estimate of drug-likeness (QED) is 0.811. The van der Waals surface area contributed by atoms with E-state index in [9.17, 15) is 18.0 Å². The van der Waals surface area contributed by atoms with Crippen molar-refractivity contribution in [2.75, 3.05) is 11.5 Å². The van der Waals surface area contributed by atoms with Gasteiger partial charge in [0, 0.05) is 36.1 Å². The molecule has 26 heavy (non-hydrogen) atoms. The molecule has 1 saturated heterocycles. The van der Waals surface area contributed by atoms with E-state index < -0.39 is 9.84 Å². The lowest BCUT2D eigenvalue weighted by molar-refractivity contribution is 0.0933. The SMILES string of the molecule is O=C(NCc1ccncc1)c1ccc(C(=O)NC2CCS(=O)(=O)C2)cc1. The van der Waals surface area contributed by atoms with Gasteiger partial charge in [0.05, 0.1) is 11.5 Å². The summed E-state index contributed by atoms with van der Waals surface area (Å²) >= 11 is 0. The van der Waals surface area contributed by atoms with E-state index in [1.807, 2.05) is 12.1 Å². The summed E-state index contributed by atoms with van der Waals surface area (Å²) < 4.78 is 22.9. The van der Waals surface area contributed by atoms with Crippen LogP contribution in [0.4, 0.5) is 0 Å². The number of hydrogen-bond acceptors (Lipinski definition) is 5. The number of sulfone groups is 1. The predicted octanol–water partition coefficient (Wildman–Crippen LogP) is 0.928. The zero-order chi connectivity index (χ0) is 18.6. The van der Waals surface area contributed by atoms with Crippen LogP contribution in [0.2, 0.25) is 0 Å². The van der Waals surface area contributed by atoms with Crippen molar-refractivity contribution in [3.8, 4) is 0 Å². The molecular weight excluding hydrogens is 354 g/mol. The lowest BCUT2D eigenvalue weighted by Crippen LogP contribution is -2.35. The Hall–Kier alpha value is -2.74. The van der Waals surface area contributed by atoms with E-state index >= 15 is 0 Å². The molecule has 2 aromatic rings. The summed E-state index contributed by atoms with van der Waals surface area (Å²) in [6.45, 7) is 0.389. The first-order chi connectivity index (χ1) is 12.4. The van der Waals surface area contributed by atoms with Gasteiger partial charge in [0.25, 0.3) is 11.8 Å². The summed E-state index contributed by atoms with van der Waals surface area (Å²) in [5, 5.41) is 5.52. The number of pyridine rings is 1. The van der Waals surface area contributed by atoms with Crippen LogP contribution in [0.25, 0.3) is 0 Å². The molecule has 136 valence electrons. The lowest BCUT2D eigenvalue weighted by Gasteiger charge is -2.11. The first-order valence-electron chi connectivity index (χ1n) is 8.21. The highest BCUT2D eigenvalue weighted by Gasteiger charge is 2.29. The molecule has 1 fully saturated rings. The maximum atomic E-state index is 12.2. The Morgan fingerprint density at radius 2 is 1.62 bits per heavy atom. The third-order valence-electron chi connectivity index (χ3n) is 4.18. The number of hydrogen-bond donors (Lipinski definition) is 2. The summed E-state index contributed by atoms with van der Waals surface area (Å²) in [6, 6.07) is 9.54. The Labute approximate surface area is 151 Å². The zero-order valence-corrected chi connectivity index (χ0v) is 14.8. The molecule has 0 bridgehead atoms. The van der Waals surface area contributed by atoms with E-state index in [4.69, 9.17) is 0 Å². The topological polar surface area (TPSA) is 105 Å². The van der Waals surface area contributed by atoms with Gasteiger partial charge in [-0.15, -0.1) is 0 Å². The van der Waals surface area contributed by atoms with Crippen LogP contribution in [0.1, 0.15) is 32.7 Å². The highest BCUT2D eigenvalue weighted by Crippen LogP contribution is 2.12. The zero-order valence-electron chi connectivity index (χ0n) is 14.0. The molecule has 1 atom stereocenters. The molecule has 0 spiro atoms.